The molecule has 0 atom stereocenters. The minimum Gasteiger partial charge on any atom is -0.478 e. The molecule has 2 rings (SSSR count). The Hall–Kier alpha value is -2.33. The maximum Gasteiger partial charge on any atom is 0.339 e. The van der Waals surface area contributed by atoms with Gasteiger partial charge in [0.1, 0.15) is 17.1 Å². The van der Waals surface area contributed by atoms with Crippen LogP contribution < -0.4 is 4.74 Å². The molecule has 4 heteroatoms. The van der Waals surface area contributed by atoms with E-state index in [1.165, 1.54) is 0 Å². The van der Waals surface area contributed by atoms with Crippen molar-refractivity contribution in [2.75, 3.05) is 7.11 Å². The molecule has 104 valence electrons. The maximum absolute atomic E-state index is 11.2. The zero-order chi connectivity index (χ0) is 14.5. The first-order chi connectivity index (χ1) is 9.60. The Labute approximate surface area is 117 Å². The van der Waals surface area contributed by atoms with Gasteiger partial charge in [0.2, 0.25) is 0 Å². The highest BCUT2D eigenvalue weighted by molar-refractivity contribution is 5.91. The second-order valence-electron chi connectivity index (χ2n) is 4.49. The van der Waals surface area contributed by atoms with Gasteiger partial charge in [-0.3, -0.25) is 0 Å². The molecule has 0 bridgehead atoms. The Balaban J connectivity index is 2.31. The fourth-order valence-electron chi connectivity index (χ4n) is 1.88. The third kappa shape index (κ3) is 3.36. The fraction of sp³-hybridized carbons (Fsp3) is 0.188. The molecule has 2 aromatic carbocycles. The predicted molar refractivity (Wildman–Crippen MR) is 75.4 cm³/mol. The Kier molecular flexibility index (Phi) is 4.38. The lowest BCUT2D eigenvalue weighted by Crippen LogP contribution is -2.00. The van der Waals surface area contributed by atoms with E-state index in [4.69, 9.17) is 9.47 Å². The normalized spacial score (nSPS) is 10.3. The van der Waals surface area contributed by atoms with E-state index in [1.54, 1.807) is 31.4 Å². The molecule has 4 nitrogen and oxygen atoms in total. The van der Waals surface area contributed by atoms with Crippen molar-refractivity contribution in [3.63, 3.8) is 0 Å². The van der Waals surface area contributed by atoms with Crippen molar-refractivity contribution in [3.8, 4) is 11.5 Å². The standard InChI is InChI=1S/C16H16O4/c1-11-6-7-14(16(17)18)15(8-11)20-13-5-3-4-12(9-13)10-19-2/h3-9H,10H2,1-2H3,(H,17,18). The highest BCUT2D eigenvalue weighted by Gasteiger charge is 2.12. The molecule has 0 aliphatic heterocycles. The number of carboxylic acid groups (broad SMARTS) is 1. The molecular weight excluding hydrogens is 256 g/mol. The maximum atomic E-state index is 11.2. The molecule has 0 amide bonds. The van der Waals surface area contributed by atoms with Crippen LogP contribution in [0, 0.1) is 6.92 Å². The third-order valence-corrected chi connectivity index (χ3v) is 2.80. The molecule has 0 heterocycles. The summed E-state index contributed by atoms with van der Waals surface area (Å²) >= 11 is 0. The molecule has 20 heavy (non-hydrogen) atoms. The van der Waals surface area contributed by atoms with Crippen LogP contribution in [0.2, 0.25) is 0 Å². The summed E-state index contributed by atoms with van der Waals surface area (Å²) in [5.41, 5.74) is 2.06. The van der Waals surface area contributed by atoms with Gasteiger partial charge in [-0.25, -0.2) is 4.79 Å². The van der Waals surface area contributed by atoms with E-state index in [-0.39, 0.29) is 5.56 Å². The van der Waals surface area contributed by atoms with Gasteiger partial charge in [-0.05, 0) is 42.3 Å². The van der Waals surface area contributed by atoms with Crippen LogP contribution in [-0.4, -0.2) is 18.2 Å². The van der Waals surface area contributed by atoms with Crippen LogP contribution in [-0.2, 0) is 11.3 Å². The summed E-state index contributed by atoms with van der Waals surface area (Å²) in [6.07, 6.45) is 0. The zero-order valence-electron chi connectivity index (χ0n) is 11.4. The first kappa shape index (κ1) is 14.1. The monoisotopic (exact) mass is 272 g/mol. The Morgan fingerprint density at radius 2 is 2.00 bits per heavy atom. The van der Waals surface area contributed by atoms with Crippen molar-refractivity contribution in [2.45, 2.75) is 13.5 Å². The average molecular weight is 272 g/mol. The molecule has 0 aliphatic rings. The van der Waals surface area contributed by atoms with Gasteiger partial charge >= 0.3 is 5.97 Å². The van der Waals surface area contributed by atoms with Crippen LogP contribution in [0.5, 0.6) is 11.5 Å². The lowest BCUT2D eigenvalue weighted by molar-refractivity contribution is 0.0694. The summed E-state index contributed by atoms with van der Waals surface area (Å²) in [6.45, 7) is 2.37. The number of hydrogen-bond donors (Lipinski definition) is 1. The van der Waals surface area contributed by atoms with E-state index in [9.17, 15) is 9.90 Å². The molecule has 0 radical (unpaired) electrons. The van der Waals surface area contributed by atoms with E-state index in [0.29, 0.717) is 18.1 Å². The number of methoxy groups -OCH3 is 1. The number of rotatable bonds is 5. The van der Waals surface area contributed by atoms with Gasteiger partial charge in [0.05, 0.1) is 6.61 Å². The topological polar surface area (TPSA) is 55.8 Å². The van der Waals surface area contributed by atoms with E-state index in [1.807, 2.05) is 25.1 Å². The van der Waals surface area contributed by atoms with Crippen molar-refractivity contribution >= 4 is 5.97 Å². The summed E-state index contributed by atoms with van der Waals surface area (Å²) in [4.78, 5) is 11.2. The summed E-state index contributed by atoms with van der Waals surface area (Å²) < 4.78 is 10.8. The Morgan fingerprint density at radius 1 is 1.20 bits per heavy atom. The molecule has 1 N–H and O–H groups in total. The van der Waals surface area contributed by atoms with Crippen molar-refractivity contribution in [1.29, 1.82) is 0 Å². The Morgan fingerprint density at radius 3 is 2.70 bits per heavy atom. The van der Waals surface area contributed by atoms with Crippen LogP contribution in [0.4, 0.5) is 0 Å². The predicted octanol–water partition coefficient (Wildman–Crippen LogP) is 3.63. The molecule has 2 aromatic rings. The molecule has 0 spiro atoms. The number of carboxylic acids is 1. The van der Waals surface area contributed by atoms with Crippen molar-refractivity contribution in [3.05, 3.63) is 59.2 Å². The second-order valence-corrected chi connectivity index (χ2v) is 4.49. The number of aromatic carboxylic acids is 1. The first-order valence-electron chi connectivity index (χ1n) is 6.20. The minimum atomic E-state index is -1.01. The highest BCUT2D eigenvalue weighted by atomic mass is 16.5. The first-order valence-corrected chi connectivity index (χ1v) is 6.20. The van der Waals surface area contributed by atoms with Crippen molar-refractivity contribution < 1.29 is 19.4 Å². The lowest BCUT2D eigenvalue weighted by atomic mass is 10.1. The second kappa shape index (κ2) is 6.21. The fourth-order valence-corrected chi connectivity index (χ4v) is 1.88. The number of hydrogen-bond acceptors (Lipinski definition) is 3. The number of ether oxygens (including phenoxy) is 2. The van der Waals surface area contributed by atoms with Gasteiger partial charge in [-0.2, -0.15) is 0 Å². The molecule has 0 saturated heterocycles. The van der Waals surface area contributed by atoms with Crippen LogP contribution in [0.1, 0.15) is 21.5 Å². The molecular formula is C16H16O4. The average Bonchev–Trinajstić information content (AvgIpc) is 2.39. The summed E-state index contributed by atoms with van der Waals surface area (Å²) in [6, 6.07) is 12.4. The lowest BCUT2D eigenvalue weighted by Gasteiger charge is -2.10. The summed E-state index contributed by atoms with van der Waals surface area (Å²) in [7, 11) is 1.62. The molecule has 0 aliphatic carbocycles. The van der Waals surface area contributed by atoms with Crippen LogP contribution in [0.15, 0.2) is 42.5 Å². The summed E-state index contributed by atoms with van der Waals surface area (Å²) in [5, 5.41) is 9.17. The number of aryl methyl sites for hydroxylation is 1. The van der Waals surface area contributed by atoms with E-state index < -0.39 is 5.97 Å². The van der Waals surface area contributed by atoms with Crippen molar-refractivity contribution in [2.24, 2.45) is 0 Å². The van der Waals surface area contributed by atoms with E-state index in [0.717, 1.165) is 11.1 Å². The van der Waals surface area contributed by atoms with E-state index in [2.05, 4.69) is 0 Å². The smallest absolute Gasteiger partial charge is 0.339 e. The number of carbonyl (C=O) groups is 1. The van der Waals surface area contributed by atoms with Crippen LogP contribution in [0.25, 0.3) is 0 Å². The molecule has 0 unspecified atom stereocenters. The van der Waals surface area contributed by atoms with Crippen LogP contribution >= 0.6 is 0 Å². The van der Waals surface area contributed by atoms with E-state index >= 15 is 0 Å². The molecule has 0 saturated carbocycles. The van der Waals surface area contributed by atoms with Gasteiger partial charge in [0, 0.05) is 7.11 Å². The van der Waals surface area contributed by atoms with Gasteiger partial charge < -0.3 is 14.6 Å². The SMILES string of the molecule is COCc1cccc(Oc2cc(C)ccc2C(=O)O)c1. The summed E-state index contributed by atoms with van der Waals surface area (Å²) in [5.74, 6) is -0.0761. The quantitative estimate of drug-likeness (QED) is 0.903. The largest absolute Gasteiger partial charge is 0.478 e. The third-order valence-electron chi connectivity index (χ3n) is 2.80. The molecule has 0 aromatic heterocycles. The van der Waals surface area contributed by atoms with Gasteiger partial charge in [-0.15, -0.1) is 0 Å². The van der Waals surface area contributed by atoms with Crippen LogP contribution in [0.3, 0.4) is 0 Å². The van der Waals surface area contributed by atoms with Crippen molar-refractivity contribution in [1.82, 2.24) is 0 Å². The number of benzene rings is 2. The zero-order valence-corrected chi connectivity index (χ0v) is 11.4. The minimum absolute atomic E-state index is 0.146. The molecule has 0 fully saturated rings. The van der Waals surface area contributed by atoms with Gasteiger partial charge in [-0.1, -0.05) is 18.2 Å². The van der Waals surface area contributed by atoms with Gasteiger partial charge in [0.25, 0.3) is 0 Å². The van der Waals surface area contributed by atoms with Gasteiger partial charge in [0.15, 0.2) is 0 Å². The Bertz CT molecular complexity index is 620. The highest BCUT2D eigenvalue weighted by Crippen LogP contribution is 2.27.